The molecule has 0 aliphatic rings. The van der Waals surface area contributed by atoms with Crippen LogP contribution < -0.4 is 11.5 Å². The SMILES string of the molecule is C=C(C)C(=O)OCC(N)CN. The maximum atomic E-state index is 10.7. The average molecular weight is 158 g/mol. The molecule has 1 unspecified atom stereocenters. The fraction of sp³-hybridized carbons (Fsp3) is 0.571. The highest BCUT2D eigenvalue weighted by Gasteiger charge is 2.05. The fourth-order valence-corrected chi connectivity index (χ4v) is 0.374. The van der Waals surface area contributed by atoms with E-state index in [-0.39, 0.29) is 12.6 Å². The second-order valence-electron chi connectivity index (χ2n) is 2.37. The first kappa shape index (κ1) is 10.1. The normalized spacial score (nSPS) is 12.3. The smallest absolute Gasteiger partial charge is 0.333 e. The minimum Gasteiger partial charge on any atom is -0.461 e. The van der Waals surface area contributed by atoms with Crippen molar-refractivity contribution in [2.45, 2.75) is 13.0 Å². The van der Waals surface area contributed by atoms with Gasteiger partial charge in [-0.1, -0.05) is 6.58 Å². The van der Waals surface area contributed by atoms with E-state index in [4.69, 9.17) is 16.2 Å². The van der Waals surface area contributed by atoms with Crippen LogP contribution in [-0.2, 0) is 9.53 Å². The summed E-state index contributed by atoms with van der Waals surface area (Å²) in [6.07, 6.45) is 0. The van der Waals surface area contributed by atoms with Gasteiger partial charge in [0.25, 0.3) is 0 Å². The number of esters is 1. The molecule has 4 N–H and O–H groups in total. The van der Waals surface area contributed by atoms with Gasteiger partial charge >= 0.3 is 5.97 Å². The van der Waals surface area contributed by atoms with E-state index in [1.54, 1.807) is 6.92 Å². The van der Waals surface area contributed by atoms with E-state index in [1.165, 1.54) is 0 Å². The third-order valence-electron chi connectivity index (χ3n) is 1.08. The number of hydrogen-bond acceptors (Lipinski definition) is 4. The zero-order valence-corrected chi connectivity index (χ0v) is 6.67. The van der Waals surface area contributed by atoms with Crippen LogP contribution in [0.1, 0.15) is 6.92 Å². The van der Waals surface area contributed by atoms with Crippen molar-refractivity contribution in [1.82, 2.24) is 0 Å². The quantitative estimate of drug-likeness (QED) is 0.422. The largest absolute Gasteiger partial charge is 0.461 e. The molecule has 1 atom stereocenters. The van der Waals surface area contributed by atoms with E-state index < -0.39 is 5.97 Å². The van der Waals surface area contributed by atoms with Crippen molar-refractivity contribution < 1.29 is 9.53 Å². The van der Waals surface area contributed by atoms with Crippen molar-refractivity contribution in [2.75, 3.05) is 13.2 Å². The Bertz CT molecular complexity index is 157. The first-order valence-corrected chi connectivity index (χ1v) is 3.36. The standard InChI is InChI=1S/C7H14N2O2/c1-5(2)7(10)11-4-6(9)3-8/h6H,1,3-4,8-9H2,2H3. The van der Waals surface area contributed by atoms with E-state index in [0.29, 0.717) is 12.1 Å². The van der Waals surface area contributed by atoms with Gasteiger partial charge in [0.2, 0.25) is 0 Å². The van der Waals surface area contributed by atoms with E-state index in [1.807, 2.05) is 0 Å². The summed E-state index contributed by atoms with van der Waals surface area (Å²) in [6, 6.07) is -0.279. The summed E-state index contributed by atoms with van der Waals surface area (Å²) in [6.45, 7) is 5.46. The molecule has 11 heavy (non-hydrogen) atoms. The first-order chi connectivity index (χ1) is 5.07. The first-order valence-electron chi connectivity index (χ1n) is 3.36. The second-order valence-corrected chi connectivity index (χ2v) is 2.37. The Morgan fingerprint density at radius 1 is 1.73 bits per heavy atom. The number of carbonyl (C=O) groups excluding carboxylic acids is 1. The molecule has 4 nitrogen and oxygen atoms in total. The van der Waals surface area contributed by atoms with E-state index in [9.17, 15) is 4.79 Å². The van der Waals surface area contributed by atoms with Crippen molar-refractivity contribution in [3.05, 3.63) is 12.2 Å². The molecule has 0 fully saturated rings. The van der Waals surface area contributed by atoms with Gasteiger partial charge < -0.3 is 16.2 Å². The van der Waals surface area contributed by atoms with Crippen LogP contribution in [0.15, 0.2) is 12.2 Å². The zero-order valence-electron chi connectivity index (χ0n) is 6.67. The molecule has 0 aliphatic heterocycles. The van der Waals surface area contributed by atoms with Crippen molar-refractivity contribution >= 4 is 5.97 Å². The molecule has 0 rings (SSSR count). The Hall–Kier alpha value is -0.870. The van der Waals surface area contributed by atoms with Gasteiger partial charge in [0.15, 0.2) is 0 Å². The minimum atomic E-state index is -0.422. The van der Waals surface area contributed by atoms with Gasteiger partial charge in [0, 0.05) is 12.1 Å². The number of ether oxygens (including phenoxy) is 1. The fourth-order valence-electron chi connectivity index (χ4n) is 0.374. The highest BCUT2D eigenvalue weighted by atomic mass is 16.5. The molecule has 0 spiro atoms. The number of rotatable bonds is 4. The lowest BCUT2D eigenvalue weighted by Crippen LogP contribution is -2.35. The van der Waals surface area contributed by atoms with Crippen molar-refractivity contribution in [1.29, 1.82) is 0 Å². The third-order valence-corrected chi connectivity index (χ3v) is 1.08. The van der Waals surface area contributed by atoms with E-state index in [0.717, 1.165) is 0 Å². The van der Waals surface area contributed by atoms with Gasteiger partial charge in [-0.25, -0.2) is 4.79 Å². The summed E-state index contributed by atoms with van der Waals surface area (Å²) in [5, 5.41) is 0. The van der Waals surface area contributed by atoms with Crippen LogP contribution >= 0.6 is 0 Å². The number of carbonyl (C=O) groups is 1. The summed E-state index contributed by atoms with van der Waals surface area (Å²) in [7, 11) is 0. The van der Waals surface area contributed by atoms with Crippen LogP contribution in [-0.4, -0.2) is 25.2 Å². The number of nitrogens with two attached hydrogens (primary N) is 2. The van der Waals surface area contributed by atoms with Crippen LogP contribution in [0.4, 0.5) is 0 Å². The summed E-state index contributed by atoms with van der Waals surface area (Å²) in [4.78, 5) is 10.7. The maximum Gasteiger partial charge on any atom is 0.333 e. The van der Waals surface area contributed by atoms with Crippen LogP contribution in [0.25, 0.3) is 0 Å². The van der Waals surface area contributed by atoms with Gasteiger partial charge in [-0.15, -0.1) is 0 Å². The van der Waals surface area contributed by atoms with Gasteiger partial charge in [0.05, 0.1) is 6.04 Å². The summed E-state index contributed by atoms with van der Waals surface area (Å²) in [5.41, 5.74) is 11.0. The monoisotopic (exact) mass is 158 g/mol. The van der Waals surface area contributed by atoms with Crippen molar-refractivity contribution in [3.63, 3.8) is 0 Å². The molecule has 0 aliphatic carbocycles. The molecule has 0 aromatic heterocycles. The molecule has 0 bridgehead atoms. The molecule has 0 saturated heterocycles. The lowest BCUT2D eigenvalue weighted by Gasteiger charge is -2.08. The Morgan fingerprint density at radius 2 is 2.27 bits per heavy atom. The number of hydrogen-bond donors (Lipinski definition) is 2. The van der Waals surface area contributed by atoms with Crippen molar-refractivity contribution in [3.8, 4) is 0 Å². The molecule has 0 heterocycles. The van der Waals surface area contributed by atoms with Crippen LogP contribution in [0, 0.1) is 0 Å². The van der Waals surface area contributed by atoms with Crippen molar-refractivity contribution in [2.24, 2.45) is 11.5 Å². The Balaban J connectivity index is 3.54. The van der Waals surface area contributed by atoms with E-state index >= 15 is 0 Å². The minimum absolute atomic E-state index is 0.155. The molecule has 0 saturated carbocycles. The Kier molecular flexibility index (Phi) is 4.49. The summed E-state index contributed by atoms with van der Waals surface area (Å²) in [5.74, 6) is -0.422. The molecule has 0 amide bonds. The molecule has 0 aromatic rings. The van der Waals surface area contributed by atoms with Crippen LogP contribution in [0.3, 0.4) is 0 Å². The topological polar surface area (TPSA) is 78.3 Å². The average Bonchev–Trinajstić information content (AvgIpc) is 1.99. The zero-order chi connectivity index (χ0) is 8.85. The highest BCUT2D eigenvalue weighted by molar-refractivity contribution is 5.86. The molecule has 0 aromatic carbocycles. The molecular weight excluding hydrogens is 144 g/mol. The van der Waals surface area contributed by atoms with Crippen LogP contribution in [0.2, 0.25) is 0 Å². The highest BCUT2D eigenvalue weighted by Crippen LogP contribution is 1.91. The summed E-state index contributed by atoms with van der Waals surface area (Å²) < 4.78 is 4.71. The molecule has 4 heteroatoms. The maximum absolute atomic E-state index is 10.7. The Morgan fingerprint density at radius 3 is 2.64 bits per heavy atom. The molecular formula is C7H14N2O2. The second kappa shape index (κ2) is 4.87. The third kappa shape index (κ3) is 4.52. The lowest BCUT2D eigenvalue weighted by molar-refractivity contribution is -0.139. The molecule has 0 radical (unpaired) electrons. The summed E-state index contributed by atoms with van der Waals surface area (Å²) >= 11 is 0. The lowest BCUT2D eigenvalue weighted by atomic mass is 10.3. The van der Waals surface area contributed by atoms with Gasteiger partial charge in [0.1, 0.15) is 6.61 Å². The Labute approximate surface area is 66.2 Å². The van der Waals surface area contributed by atoms with Gasteiger partial charge in [-0.05, 0) is 6.92 Å². The molecule has 64 valence electrons. The van der Waals surface area contributed by atoms with Gasteiger partial charge in [-0.2, -0.15) is 0 Å². The van der Waals surface area contributed by atoms with Gasteiger partial charge in [-0.3, -0.25) is 0 Å². The van der Waals surface area contributed by atoms with Crippen LogP contribution in [0.5, 0.6) is 0 Å². The predicted octanol–water partition coefficient (Wildman–Crippen LogP) is -0.608. The van der Waals surface area contributed by atoms with E-state index in [2.05, 4.69) is 6.58 Å². The predicted molar refractivity (Wildman–Crippen MR) is 42.8 cm³/mol.